The Morgan fingerprint density at radius 1 is 1.50 bits per heavy atom. The van der Waals surface area contributed by atoms with E-state index in [4.69, 9.17) is 5.26 Å². The first-order valence-electron chi connectivity index (χ1n) is 5.51. The lowest BCUT2D eigenvalue weighted by molar-refractivity contribution is -0.124. The maximum absolute atomic E-state index is 13.5. The zero-order valence-electron chi connectivity index (χ0n) is 9.46. The molecule has 0 bridgehead atoms. The van der Waals surface area contributed by atoms with Crippen molar-refractivity contribution in [2.24, 2.45) is 0 Å². The van der Waals surface area contributed by atoms with Crippen LogP contribution in [0.15, 0.2) is 12.1 Å². The van der Waals surface area contributed by atoms with Crippen LogP contribution in [0.25, 0.3) is 0 Å². The predicted octanol–water partition coefficient (Wildman–Crippen LogP) is 0.815. The van der Waals surface area contributed by atoms with Crippen molar-refractivity contribution < 1.29 is 13.6 Å². The van der Waals surface area contributed by atoms with Crippen LogP contribution in [-0.4, -0.2) is 18.5 Å². The van der Waals surface area contributed by atoms with Crippen LogP contribution in [0.4, 0.5) is 8.78 Å². The van der Waals surface area contributed by atoms with Gasteiger partial charge in [-0.1, -0.05) is 0 Å². The van der Waals surface area contributed by atoms with Crippen LogP contribution in [0.3, 0.4) is 0 Å². The minimum Gasteiger partial charge on any atom is -0.350 e. The Morgan fingerprint density at radius 2 is 2.11 bits per heavy atom. The van der Waals surface area contributed by atoms with Crippen molar-refractivity contribution in [1.82, 2.24) is 10.6 Å². The largest absolute Gasteiger partial charge is 0.350 e. The summed E-state index contributed by atoms with van der Waals surface area (Å²) in [5.41, 5.74) is -0.317. The van der Waals surface area contributed by atoms with Crippen LogP contribution in [0.5, 0.6) is 0 Å². The lowest BCUT2D eigenvalue weighted by Gasteiger charge is -2.26. The van der Waals surface area contributed by atoms with Gasteiger partial charge in [-0.05, 0) is 25.1 Å². The topological polar surface area (TPSA) is 64.9 Å². The van der Waals surface area contributed by atoms with Crippen molar-refractivity contribution in [2.75, 3.05) is 6.54 Å². The van der Waals surface area contributed by atoms with E-state index in [0.29, 0.717) is 0 Å². The number of nitriles is 1. The summed E-state index contributed by atoms with van der Waals surface area (Å²) in [5, 5.41) is 13.9. The number of hydrogen-bond acceptors (Lipinski definition) is 3. The molecule has 4 nitrogen and oxygen atoms in total. The Bertz CT molecular complexity index is 498. The molecule has 1 fully saturated rings. The number of nitrogens with one attached hydrogen (secondary N) is 2. The molecule has 0 aliphatic carbocycles. The predicted molar refractivity (Wildman–Crippen MR) is 59.3 cm³/mol. The average Bonchev–Trinajstić information content (AvgIpc) is 2.25. The summed E-state index contributed by atoms with van der Waals surface area (Å²) >= 11 is 0. The van der Waals surface area contributed by atoms with Crippen molar-refractivity contribution >= 4 is 5.91 Å². The molecule has 1 atom stereocenters. The van der Waals surface area contributed by atoms with Gasteiger partial charge in [-0.2, -0.15) is 5.26 Å². The van der Waals surface area contributed by atoms with E-state index in [9.17, 15) is 13.6 Å². The molecule has 1 saturated heterocycles. The number of rotatable bonds is 3. The molecule has 0 spiro atoms. The van der Waals surface area contributed by atoms with E-state index < -0.39 is 11.6 Å². The molecule has 94 valence electrons. The SMILES string of the molecule is N#Cc1cc(F)c(CNC(=O)C2CCN2)c(F)c1. The van der Waals surface area contributed by atoms with Crippen molar-refractivity contribution in [3.63, 3.8) is 0 Å². The molecule has 18 heavy (non-hydrogen) atoms. The number of nitrogens with zero attached hydrogens (tertiary/aromatic N) is 1. The van der Waals surface area contributed by atoms with Gasteiger partial charge in [0.05, 0.1) is 17.7 Å². The summed E-state index contributed by atoms with van der Waals surface area (Å²) < 4.78 is 27.0. The van der Waals surface area contributed by atoms with Crippen molar-refractivity contribution in [3.8, 4) is 6.07 Å². The maximum atomic E-state index is 13.5. The highest BCUT2D eigenvalue weighted by Crippen LogP contribution is 2.15. The molecule has 1 heterocycles. The van der Waals surface area contributed by atoms with Crippen LogP contribution < -0.4 is 10.6 Å². The van der Waals surface area contributed by atoms with E-state index in [1.165, 1.54) is 0 Å². The van der Waals surface area contributed by atoms with Crippen LogP contribution in [0, 0.1) is 23.0 Å². The third-order valence-corrected chi connectivity index (χ3v) is 2.85. The highest BCUT2D eigenvalue weighted by atomic mass is 19.1. The van der Waals surface area contributed by atoms with E-state index in [0.717, 1.165) is 25.1 Å². The summed E-state index contributed by atoms with van der Waals surface area (Å²) in [5.74, 6) is -1.92. The Balaban J connectivity index is 2.05. The van der Waals surface area contributed by atoms with Gasteiger partial charge in [0.25, 0.3) is 0 Å². The second-order valence-electron chi connectivity index (χ2n) is 4.04. The van der Waals surface area contributed by atoms with Crippen LogP contribution >= 0.6 is 0 Å². The Kier molecular flexibility index (Phi) is 3.53. The summed E-state index contributed by atoms with van der Waals surface area (Å²) in [7, 11) is 0. The number of carbonyl (C=O) groups excluding carboxylic acids is 1. The highest BCUT2D eigenvalue weighted by Gasteiger charge is 2.24. The van der Waals surface area contributed by atoms with Gasteiger partial charge in [-0.3, -0.25) is 4.79 Å². The van der Waals surface area contributed by atoms with E-state index in [2.05, 4.69) is 10.6 Å². The van der Waals surface area contributed by atoms with E-state index in [1.54, 1.807) is 6.07 Å². The van der Waals surface area contributed by atoms with Crippen LogP contribution in [-0.2, 0) is 11.3 Å². The molecule has 2 N–H and O–H groups in total. The number of halogens is 2. The fourth-order valence-electron chi connectivity index (χ4n) is 1.65. The van der Waals surface area contributed by atoms with Gasteiger partial charge in [-0.25, -0.2) is 8.78 Å². The van der Waals surface area contributed by atoms with E-state index >= 15 is 0 Å². The Labute approximate surface area is 103 Å². The van der Waals surface area contributed by atoms with Gasteiger partial charge in [-0.15, -0.1) is 0 Å². The fraction of sp³-hybridized carbons (Fsp3) is 0.333. The minimum absolute atomic E-state index is 0.0827. The number of hydrogen-bond donors (Lipinski definition) is 2. The highest BCUT2D eigenvalue weighted by molar-refractivity contribution is 5.82. The second kappa shape index (κ2) is 5.10. The quantitative estimate of drug-likeness (QED) is 0.835. The molecule has 0 saturated carbocycles. The lowest BCUT2D eigenvalue weighted by atomic mass is 10.1. The number of benzene rings is 1. The fourth-order valence-corrected chi connectivity index (χ4v) is 1.65. The van der Waals surface area contributed by atoms with Gasteiger partial charge in [0.1, 0.15) is 11.6 Å². The van der Waals surface area contributed by atoms with Crippen molar-refractivity contribution in [2.45, 2.75) is 19.0 Å². The zero-order chi connectivity index (χ0) is 13.1. The average molecular weight is 251 g/mol. The summed E-state index contributed by atoms with van der Waals surface area (Å²) in [4.78, 5) is 11.5. The molecular weight excluding hydrogens is 240 g/mol. The van der Waals surface area contributed by atoms with E-state index in [-0.39, 0.29) is 29.6 Å². The minimum atomic E-state index is -0.826. The van der Waals surface area contributed by atoms with Crippen LogP contribution in [0.1, 0.15) is 17.5 Å². The molecule has 0 radical (unpaired) electrons. The molecule has 1 unspecified atom stereocenters. The second-order valence-corrected chi connectivity index (χ2v) is 4.04. The Morgan fingerprint density at radius 3 is 2.56 bits per heavy atom. The van der Waals surface area contributed by atoms with Gasteiger partial charge in [0, 0.05) is 12.1 Å². The summed E-state index contributed by atoms with van der Waals surface area (Å²) in [6.07, 6.45) is 0.726. The standard InChI is InChI=1S/C12H11F2N3O/c13-9-3-7(5-15)4-10(14)8(9)6-17-12(18)11-1-2-16-11/h3-4,11,16H,1-2,6H2,(H,17,18). The third-order valence-electron chi connectivity index (χ3n) is 2.85. The lowest BCUT2D eigenvalue weighted by Crippen LogP contribution is -2.53. The summed E-state index contributed by atoms with van der Waals surface area (Å²) in [6, 6.07) is 3.29. The van der Waals surface area contributed by atoms with Gasteiger partial charge in [0.2, 0.25) is 5.91 Å². The van der Waals surface area contributed by atoms with Crippen LogP contribution in [0.2, 0.25) is 0 Å². The normalized spacial score (nSPS) is 17.7. The Hall–Kier alpha value is -2.00. The molecule has 1 aliphatic rings. The summed E-state index contributed by atoms with van der Waals surface area (Å²) in [6.45, 7) is 0.554. The molecule has 1 aromatic carbocycles. The van der Waals surface area contributed by atoms with Gasteiger partial charge < -0.3 is 10.6 Å². The van der Waals surface area contributed by atoms with Gasteiger partial charge >= 0.3 is 0 Å². The third kappa shape index (κ3) is 2.46. The molecule has 1 aromatic rings. The van der Waals surface area contributed by atoms with E-state index in [1.807, 2.05) is 0 Å². The molecular formula is C12H11F2N3O. The smallest absolute Gasteiger partial charge is 0.237 e. The number of amides is 1. The maximum Gasteiger partial charge on any atom is 0.237 e. The first kappa shape index (κ1) is 12.5. The molecule has 2 rings (SSSR count). The number of carbonyl (C=O) groups is 1. The zero-order valence-corrected chi connectivity index (χ0v) is 9.46. The van der Waals surface area contributed by atoms with Crippen molar-refractivity contribution in [3.05, 3.63) is 34.9 Å². The molecule has 1 aliphatic heterocycles. The monoisotopic (exact) mass is 251 g/mol. The molecule has 6 heteroatoms. The molecule has 1 amide bonds. The molecule has 0 aromatic heterocycles. The first-order chi connectivity index (χ1) is 8.61. The van der Waals surface area contributed by atoms with Gasteiger partial charge in [0.15, 0.2) is 0 Å². The van der Waals surface area contributed by atoms with Crippen molar-refractivity contribution in [1.29, 1.82) is 5.26 Å². The first-order valence-corrected chi connectivity index (χ1v) is 5.51.